The highest BCUT2D eigenvalue weighted by molar-refractivity contribution is 5.77. The summed E-state index contributed by atoms with van der Waals surface area (Å²) in [6, 6.07) is 0. The molecule has 1 saturated carbocycles. The molecule has 0 amide bonds. The predicted molar refractivity (Wildman–Crippen MR) is 102 cm³/mol. The predicted octanol–water partition coefficient (Wildman–Crippen LogP) is 3.43. The topological polar surface area (TPSA) is 78.9 Å². The molecule has 1 heterocycles. The van der Waals surface area contributed by atoms with Gasteiger partial charge in [-0.1, -0.05) is 12.5 Å². The van der Waals surface area contributed by atoms with E-state index in [0.29, 0.717) is 0 Å². The van der Waals surface area contributed by atoms with Gasteiger partial charge in [-0.3, -0.25) is 14.4 Å². The maximum Gasteiger partial charge on any atom is 0.311 e. The van der Waals surface area contributed by atoms with E-state index in [9.17, 15) is 14.4 Å². The Balaban J connectivity index is 2.10. The lowest BCUT2D eigenvalue weighted by atomic mass is 9.43. The van der Waals surface area contributed by atoms with Gasteiger partial charge in [-0.25, -0.2) is 0 Å². The van der Waals surface area contributed by atoms with Crippen LogP contribution in [0.5, 0.6) is 0 Å². The molecule has 0 aromatic heterocycles. The highest BCUT2D eigenvalue weighted by Crippen LogP contribution is 2.67. The SMILES string of the molecule is COC(=O)C[C@]1(C)[C@@H](C(C)(C)C(=O)OC)CCC23CC(C)=CC2OC(=O)C[C@H]31. The van der Waals surface area contributed by atoms with Crippen LogP contribution in [-0.2, 0) is 28.6 Å². The Morgan fingerprint density at radius 2 is 1.96 bits per heavy atom. The Kier molecular flexibility index (Phi) is 5.13. The molecule has 2 fully saturated rings. The number of ether oxygens (including phenoxy) is 3. The number of allylic oxidation sites excluding steroid dienone is 1. The Bertz CT molecular complexity index is 723. The van der Waals surface area contributed by atoms with Gasteiger partial charge in [-0.15, -0.1) is 0 Å². The minimum Gasteiger partial charge on any atom is -0.469 e. The molecule has 28 heavy (non-hydrogen) atoms. The van der Waals surface area contributed by atoms with Crippen LogP contribution < -0.4 is 0 Å². The van der Waals surface area contributed by atoms with Gasteiger partial charge < -0.3 is 14.2 Å². The van der Waals surface area contributed by atoms with Gasteiger partial charge in [0.25, 0.3) is 0 Å². The summed E-state index contributed by atoms with van der Waals surface area (Å²) in [5.41, 5.74) is -0.351. The van der Waals surface area contributed by atoms with Crippen molar-refractivity contribution in [2.75, 3.05) is 14.2 Å². The second kappa shape index (κ2) is 6.89. The molecular weight excluding hydrogens is 360 g/mol. The second-order valence-electron chi connectivity index (χ2n) is 9.65. The molecule has 5 atom stereocenters. The van der Waals surface area contributed by atoms with Gasteiger partial charge in [0.1, 0.15) is 6.10 Å². The monoisotopic (exact) mass is 392 g/mol. The molecule has 1 saturated heterocycles. The maximum absolute atomic E-state index is 12.6. The minimum atomic E-state index is -0.781. The fourth-order valence-corrected chi connectivity index (χ4v) is 6.64. The second-order valence-corrected chi connectivity index (χ2v) is 9.65. The normalized spacial score (nSPS) is 37.3. The Morgan fingerprint density at radius 1 is 1.29 bits per heavy atom. The number of carbonyl (C=O) groups excluding carboxylic acids is 3. The maximum atomic E-state index is 12.6. The number of esters is 3. The molecule has 3 aliphatic rings. The van der Waals surface area contributed by atoms with E-state index in [4.69, 9.17) is 14.2 Å². The number of carbonyl (C=O) groups is 3. The summed E-state index contributed by atoms with van der Waals surface area (Å²) < 4.78 is 15.8. The molecule has 6 heteroatoms. The van der Waals surface area contributed by atoms with Gasteiger partial charge in [0.05, 0.1) is 26.1 Å². The molecule has 0 aromatic carbocycles. The van der Waals surface area contributed by atoms with Crippen molar-refractivity contribution in [3.63, 3.8) is 0 Å². The lowest BCUT2D eigenvalue weighted by Crippen LogP contribution is -2.61. The third-order valence-electron chi connectivity index (χ3n) is 7.76. The standard InChI is InChI=1S/C22H32O6/c1-13-9-16-22(11-13)8-7-14(20(2,3)19(25)27-6)21(4,12-18(24)26-5)15(22)10-17(23)28-16/h9,14-16H,7-8,10-12H2,1-6H3/t14-,15+,16?,21-,22?/m1/s1. The molecule has 2 unspecified atom stereocenters. The Labute approximate surface area is 167 Å². The first-order valence-electron chi connectivity index (χ1n) is 10.0. The lowest BCUT2D eigenvalue weighted by molar-refractivity contribution is -0.206. The third-order valence-corrected chi connectivity index (χ3v) is 7.76. The largest absolute Gasteiger partial charge is 0.469 e. The zero-order chi connectivity index (χ0) is 20.9. The van der Waals surface area contributed by atoms with E-state index in [0.717, 1.165) is 19.3 Å². The number of hydrogen-bond donors (Lipinski definition) is 0. The molecule has 1 aliphatic heterocycles. The van der Waals surface area contributed by atoms with Gasteiger partial charge in [-0.2, -0.15) is 0 Å². The summed E-state index contributed by atoms with van der Waals surface area (Å²) in [6.07, 6.45) is 4.72. The lowest BCUT2D eigenvalue weighted by Gasteiger charge is -2.61. The summed E-state index contributed by atoms with van der Waals surface area (Å²) >= 11 is 0. The minimum absolute atomic E-state index is 0.0678. The summed E-state index contributed by atoms with van der Waals surface area (Å²) in [5, 5.41) is 0. The van der Waals surface area contributed by atoms with E-state index >= 15 is 0 Å². The molecule has 156 valence electrons. The van der Waals surface area contributed by atoms with Gasteiger partial charge in [0.2, 0.25) is 0 Å². The van der Waals surface area contributed by atoms with Gasteiger partial charge in [0.15, 0.2) is 0 Å². The smallest absolute Gasteiger partial charge is 0.311 e. The summed E-state index contributed by atoms with van der Waals surface area (Å²) in [6.45, 7) is 7.88. The number of methoxy groups -OCH3 is 2. The van der Waals surface area contributed by atoms with Crippen LogP contribution in [0.3, 0.4) is 0 Å². The first-order chi connectivity index (χ1) is 13.0. The van der Waals surface area contributed by atoms with E-state index in [1.165, 1.54) is 19.8 Å². The zero-order valence-electron chi connectivity index (χ0n) is 17.8. The van der Waals surface area contributed by atoms with E-state index in [2.05, 4.69) is 13.0 Å². The van der Waals surface area contributed by atoms with Crippen molar-refractivity contribution in [1.29, 1.82) is 0 Å². The third kappa shape index (κ3) is 2.96. The van der Waals surface area contributed by atoms with Crippen LogP contribution in [0.2, 0.25) is 0 Å². The van der Waals surface area contributed by atoms with Crippen molar-refractivity contribution in [2.24, 2.45) is 28.1 Å². The number of rotatable bonds is 4. The van der Waals surface area contributed by atoms with Crippen LogP contribution in [0.4, 0.5) is 0 Å². The van der Waals surface area contributed by atoms with E-state index in [1.807, 2.05) is 20.8 Å². The average Bonchev–Trinajstić information content (AvgIpc) is 2.94. The molecule has 0 N–H and O–H groups in total. The van der Waals surface area contributed by atoms with Crippen LogP contribution in [0.1, 0.15) is 59.8 Å². The van der Waals surface area contributed by atoms with Gasteiger partial charge in [-0.05, 0) is 63.4 Å². The zero-order valence-corrected chi connectivity index (χ0v) is 17.8. The first kappa shape index (κ1) is 20.9. The van der Waals surface area contributed by atoms with Crippen LogP contribution in [0.25, 0.3) is 0 Å². The fourth-order valence-electron chi connectivity index (χ4n) is 6.64. The summed E-state index contributed by atoms with van der Waals surface area (Å²) in [4.78, 5) is 37.6. The molecule has 0 bridgehead atoms. The highest BCUT2D eigenvalue weighted by atomic mass is 16.5. The van der Waals surface area contributed by atoms with Crippen LogP contribution in [-0.4, -0.2) is 38.2 Å². The molecule has 0 radical (unpaired) electrons. The summed E-state index contributed by atoms with van der Waals surface area (Å²) in [5.74, 6) is -1.02. The highest BCUT2D eigenvalue weighted by Gasteiger charge is 2.66. The van der Waals surface area contributed by atoms with Crippen molar-refractivity contribution in [3.05, 3.63) is 11.6 Å². The average molecular weight is 392 g/mol. The van der Waals surface area contributed by atoms with Crippen LogP contribution >= 0.6 is 0 Å². The van der Waals surface area contributed by atoms with Crippen LogP contribution in [0.15, 0.2) is 11.6 Å². The van der Waals surface area contributed by atoms with Crippen LogP contribution in [0, 0.1) is 28.1 Å². The van der Waals surface area contributed by atoms with Crippen molar-refractivity contribution in [2.45, 2.75) is 65.9 Å². The van der Waals surface area contributed by atoms with Crippen molar-refractivity contribution >= 4 is 17.9 Å². The molecule has 2 aliphatic carbocycles. The first-order valence-corrected chi connectivity index (χ1v) is 10.0. The molecule has 3 rings (SSSR count). The quantitative estimate of drug-likeness (QED) is 0.414. The molecular formula is C22H32O6. The van der Waals surface area contributed by atoms with Crippen molar-refractivity contribution < 1.29 is 28.6 Å². The fraction of sp³-hybridized carbons (Fsp3) is 0.773. The van der Waals surface area contributed by atoms with Gasteiger partial charge in [0, 0.05) is 11.8 Å². The van der Waals surface area contributed by atoms with Crippen molar-refractivity contribution in [3.8, 4) is 0 Å². The molecule has 6 nitrogen and oxygen atoms in total. The van der Waals surface area contributed by atoms with E-state index in [-0.39, 0.29) is 54.1 Å². The van der Waals surface area contributed by atoms with E-state index < -0.39 is 10.8 Å². The van der Waals surface area contributed by atoms with Gasteiger partial charge >= 0.3 is 17.9 Å². The summed E-state index contributed by atoms with van der Waals surface area (Å²) in [7, 11) is 2.77. The van der Waals surface area contributed by atoms with Crippen molar-refractivity contribution in [1.82, 2.24) is 0 Å². The number of hydrogen-bond acceptors (Lipinski definition) is 6. The molecule has 0 aromatic rings. The van der Waals surface area contributed by atoms with E-state index in [1.54, 1.807) is 0 Å². The Morgan fingerprint density at radius 3 is 2.57 bits per heavy atom. The Hall–Kier alpha value is -1.85. The molecule has 1 spiro atoms.